The van der Waals surface area contributed by atoms with Crippen molar-refractivity contribution in [3.8, 4) is 17.2 Å². The maximum atomic E-state index is 12.7. The van der Waals surface area contributed by atoms with E-state index in [1.807, 2.05) is 18.2 Å². The van der Waals surface area contributed by atoms with Gasteiger partial charge < -0.3 is 24.5 Å². The first-order valence-corrected chi connectivity index (χ1v) is 10.5. The number of hydrogen-bond donors (Lipinski definition) is 2. The Morgan fingerprint density at radius 2 is 1.83 bits per heavy atom. The van der Waals surface area contributed by atoms with Crippen LogP contribution in [0.15, 0.2) is 29.1 Å². The van der Waals surface area contributed by atoms with Crippen molar-refractivity contribution in [2.24, 2.45) is 0 Å². The first-order chi connectivity index (χ1) is 14.6. The van der Waals surface area contributed by atoms with Crippen molar-refractivity contribution in [3.05, 3.63) is 51.4 Å². The Kier molecular flexibility index (Phi) is 5.97. The van der Waals surface area contributed by atoms with Crippen LogP contribution in [-0.2, 0) is 12.8 Å². The summed E-state index contributed by atoms with van der Waals surface area (Å²) in [7, 11) is 3.19. The van der Waals surface area contributed by atoms with Gasteiger partial charge in [-0.3, -0.25) is 9.59 Å². The van der Waals surface area contributed by atoms with Crippen LogP contribution in [0.3, 0.4) is 0 Å². The zero-order valence-corrected chi connectivity index (χ0v) is 17.5. The molecule has 7 heteroatoms. The monoisotopic (exact) mass is 412 g/mol. The molecule has 0 bridgehead atoms. The van der Waals surface area contributed by atoms with Crippen molar-refractivity contribution >= 4 is 5.91 Å². The summed E-state index contributed by atoms with van der Waals surface area (Å²) in [5.74, 6) is 1.60. The molecule has 7 nitrogen and oxygen atoms in total. The van der Waals surface area contributed by atoms with Gasteiger partial charge >= 0.3 is 0 Å². The number of rotatable bonds is 6. The second-order valence-corrected chi connectivity index (χ2v) is 7.93. The number of H-pyrrole nitrogens is 1. The molecule has 2 aliphatic rings. The molecule has 2 aliphatic carbocycles. The molecule has 4 rings (SSSR count). The van der Waals surface area contributed by atoms with Crippen LogP contribution >= 0.6 is 0 Å². The lowest BCUT2D eigenvalue weighted by Crippen LogP contribution is -2.41. The van der Waals surface area contributed by atoms with Gasteiger partial charge in [-0.2, -0.15) is 0 Å². The predicted molar refractivity (Wildman–Crippen MR) is 113 cm³/mol. The topological polar surface area (TPSA) is 89.7 Å². The molecule has 1 fully saturated rings. The van der Waals surface area contributed by atoms with Gasteiger partial charge in [0.05, 0.1) is 20.3 Å². The zero-order chi connectivity index (χ0) is 21.1. The van der Waals surface area contributed by atoms with Crippen molar-refractivity contribution in [2.75, 3.05) is 14.2 Å². The minimum absolute atomic E-state index is 0.0391. The summed E-state index contributed by atoms with van der Waals surface area (Å²) in [5, 5.41) is 3.03. The highest BCUT2D eigenvalue weighted by Gasteiger charge is 2.26. The Labute approximate surface area is 175 Å². The minimum atomic E-state index is -0.296. The molecule has 1 aromatic carbocycles. The number of benzene rings is 1. The Bertz CT molecular complexity index is 976. The Hall–Kier alpha value is -2.96. The van der Waals surface area contributed by atoms with Crippen LogP contribution in [0.2, 0.25) is 0 Å². The fourth-order valence-corrected chi connectivity index (χ4v) is 4.40. The lowest BCUT2D eigenvalue weighted by molar-refractivity contribution is 0.0889. The third-order valence-electron chi connectivity index (χ3n) is 6.00. The minimum Gasteiger partial charge on any atom is -0.493 e. The van der Waals surface area contributed by atoms with E-state index in [-0.39, 0.29) is 29.2 Å². The first kappa shape index (κ1) is 20.3. The summed E-state index contributed by atoms with van der Waals surface area (Å²) in [6, 6.07) is 7.38. The van der Waals surface area contributed by atoms with Crippen molar-refractivity contribution in [3.63, 3.8) is 0 Å². The molecular weight excluding hydrogens is 384 g/mol. The number of fused-ring (bicyclic) bond motifs is 1. The number of pyridine rings is 1. The second kappa shape index (κ2) is 8.81. The Morgan fingerprint density at radius 3 is 2.57 bits per heavy atom. The molecule has 0 atom stereocenters. The van der Waals surface area contributed by atoms with Crippen molar-refractivity contribution < 1.29 is 19.0 Å². The van der Waals surface area contributed by atoms with E-state index in [1.54, 1.807) is 20.3 Å². The smallest absolute Gasteiger partial charge is 0.261 e. The van der Waals surface area contributed by atoms with Gasteiger partial charge in [-0.15, -0.1) is 0 Å². The summed E-state index contributed by atoms with van der Waals surface area (Å²) in [6.07, 6.45) is 6.09. The van der Waals surface area contributed by atoms with E-state index in [4.69, 9.17) is 14.2 Å². The van der Waals surface area contributed by atoms with E-state index < -0.39 is 0 Å². The number of aromatic amines is 1. The SMILES string of the molecule is COc1cccc(OC2CCC(NC(=O)c3cc4c([nH]c3=O)CCC4)CC2)c1OC. The molecular formula is C23H28N2O5. The van der Waals surface area contributed by atoms with Gasteiger partial charge in [-0.25, -0.2) is 0 Å². The number of carbonyl (C=O) groups excluding carboxylic acids is 1. The average Bonchev–Trinajstić information content (AvgIpc) is 3.21. The lowest BCUT2D eigenvalue weighted by Gasteiger charge is -2.30. The number of hydrogen-bond acceptors (Lipinski definition) is 5. The molecule has 30 heavy (non-hydrogen) atoms. The van der Waals surface area contributed by atoms with Gasteiger partial charge in [0, 0.05) is 11.7 Å². The first-order valence-electron chi connectivity index (χ1n) is 10.5. The van der Waals surface area contributed by atoms with Crippen LogP contribution in [0, 0.1) is 0 Å². The summed E-state index contributed by atoms with van der Waals surface area (Å²) in [6.45, 7) is 0. The molecule has 160 valence electrons. The van der Waals surface area contributed by atoms with Crippen molar-refractivity contribution in [1.82, 2.24) is 10.3 Å². The third-order valence-corrected chi connectivity index (χ3v) is 6.00. The standard InChI is InChI=1S/C23H28N2O5/c1-28-19-7-4-8-20(21(19)29-2)30-16-11-9-15(10-12-16)24-22(26)17-13-14-5-3-6-18(14)25-23(17)27/h4,7-8,13,15-16H,3,5-6,9-12H2,1-2H3,(H,24,26)(H,25,27). The predicted octanol–water partition coefficient (Wildman–Crippen LogP) is 3.00. The number of aromatic nitrogens is 1. The highest BCUT2D eigenvalue weighted by molar-refractivity contribution is 5.94. The maximum absolute atomic E-state index is 12.7. The number of para-hydroxylation sites is 1. The molecule has 0 saturated heterocycles. The van der Waals surface area contributed by atoms with Crippen LogP contribution in [0.4, 0.5) is 0 Å². The highest BCUT2D eigenvalue weighted by Crippen LogP contribution is 2.38. The fraction of sp³-hybridized carbons (Fsp3) is 0.478. The normalized spacial score (nSPS) is 20.3. The van der Waals surface area contributed by atoms with E-state index in [0.717, 1.165) is 56.2 Å². The molecule has 0 aliphatic heterocycles. The van der Waals surface area contributed by atoms with Gasteiger partial charge in [-0.1, -0.05) is 6.07 Å². The number of nitrogens with one attached hydrogen (secondary N) is 2. The van der Waals surface area contributed by atoms with E-state index in [9.17, 15) is 9.59 Å². The molecule has 1 amide bonds. The van der Waals surface area contributed by atoms with E-state index in [0.29, 0.717) is 17.2 Å². The molecule has 1 aromatic heterocycles. The zero-order valence-electron chi connectivity index (χ0n) is 17.5. The van der Waals surface area contributed by atoms with E-state index in [2.05, 4.69) is 10.3 Å². The lowest BCUT2D eigenvalue weighted by atomic mass is 9.92. The van der Waals surface area contributed by atoms with Crippen LogP contribution in [0.25, 0.3) is 0 Å². The average molecular weight is 412 g/mol. The number of methoxy groups -OCH3 is 2. The van der Waals surface area contributed by atoms with E-state index in [1.165, 1.54) is 0 Å². The Balaban J connectivity index is 1.34. The Morgan fingerprint density at radius 1 is 1.07 bits per heavy atom. The molecule has 2 N–H and O–H groups in total. The molecule has 0 radical (unpaired) electrons. The summed E-state index contributed by atoms with van der Waals surface area (Å²) in [4.78, 5) is 27.8. The fourth-order valence-electron chi connectivity index (χ4n) is 4.40. The molecule has 0 unspecified atom stereocenters. The largest absolute Gasteiger partial charge is 0.493 e. The van der Waals surface area contributed by atoms with Gasteiger partial charge in [0.25, 0.3) is 11.5 Å². The van der Waals surface area contributed by atoms with Gasteiger partial charge in [0.1, 0.15) is 5.56 Å². The summed E-state index contributed by atoms with van der Waals surface area (Å²) in [5.41, 5.74) is 1.98. The summed E-state index contributed by atoms with van der Waals surface area (Å²) >= 11 is 0. The van der Waals surface area contributed by atoms with E-state index >= 15 is 0 Å². The second-order valence-electron chi connectivity index (χ2n) is 7.93. The van der Waals surface area contributed by atoms with Crippen LogP contribution < -0.4 is 25.1 Å². The third kappa shape index (κ3) is 4.15. The van der Waals surface area contributed by atoms with Gasteiger partial charge in [-0.05, 0) is 68.7 Å². The van der Waals surface area contributed by atoms with Crippen LogP contribution in [0.1, 0.15) is 53.7 Å². The van der Waals surface area contributed by atoms with Crippen LogP contribution in [0.5, 0.6) is 17.2 Å². The number of aryl methyl sites for hydroxylation is 2. The maximum Gasteiger partial charge on any atom is 0.261 e. The highest BCUT2D eigenvalue weighted by atomic mass is 16.5. The molecule has 1 saturated carbocycles. The van der Waals surface area contributed by atoms with Crippen molar-refractivity contribution in [1.29, 1.82) is 0 Å². The molecule has 1 heterocycles. The molecule has 0 spiro atoms. The van der Waals surface area contributed by atoms with Gasteiger partial charge in [0.2, 0.25) is 5.75 Å². The van der Waals surface area contributed by atoms with Crippen LogP contribution in [-0.4, -0.2) is 37.3 Å². The quantitative estimate of drug-likeness (QED) is 0.761. The number of amides is 1. The van der Waals surface area contributed by atoms with Crippen molar-refractivity contribution in [2.45, 2.75) is 57.1 Å². The number of ether oxygens (including phenoxy) is 3. The summed E-state index contributed by atoms with van der Waals surface area (Å²) < 4.78 is 16.9. The molecule has 2 aromatic rings. The number of carbonyl (C=O) groups is 1. The van der Waals surface area contributed by atoms with Gasteiger partial charge in [0.15, 0.2) is 11.5 Å².